The van der Waals surface area contributed by atoms with Gasteiger partial charge in [-0.2, -0.15) is 0 Å². The van der Waals surface area contributed by atoms with Crippen LogP contribution in [-0.4, -0.2) is 38.2 Å². The molecule has 24 aromatic rings. The van der Waals surface area contributed by atoms with Gasteiger partial charge in [-0.15, -0.1) is 0 Å². The third kappa shape index (κ3) is 9.42. The lowest BCUT2D eigenvalue weighted by Crippen LogP contribution is -2.05. The van der Waals surface area contributed by atoms with Crippen LogP contribution >= 0.6 is 23.5 Å². The molecule has 0 amide bonds. The van der Waals surface area contributed by atoms with Gasteiger partial charge in [0.15, 0.2) is 0 Å². The van der Waals surface area contributed by atoms with Gasteiger partial charge in [-0.05, 0) is 181 Å². The highest BCUT2D eigenvalue weighted by Crippen LogP contribution is 2.51. The number of aromatic nitrogens is 8. The van der Waals surface area contributed by atoms with E-state index < -0.39 is 0 Å². The summed E-state index contributed by atoms with van der Waals surface area (Å²) in [6.45, 7) is 0. The Bertz CT molecular complexity index is 8480. The summed E-state index contributed by atoms with van der Waals surface area (Å²) in [7, 11) is 0. The average molecular weight is 1510 g/mol. The smallest absolute Gasteiger partial charge is 0.235 e. The lowest BCUT2D eigenvalue weighted by molar-refractivity contribution is 1.01. The lowest BCUT2D eigenvalue weighted by Gasteiger charge is -2.20. The highest BCUT2D eigenvalue weighted by molar-refractivity contribution is 8.00. The number of hydrogen-bond donors (Lipinski definition) is 0. The summed E-state index contributed by atoms with van der Waals surface area (Å²) in [6, 6.07) is 134. The van der Waals surface area contributed by atoms with Crippen LogP contribution in [0.4, 0.5) is 0 Å². The Morgan fingerprint density at radius 3 is 1.19 bits per heavy atom. The number of fused-ring (bicyclic) bond motifs is 21. The van der Waals surface area contributed by atoms with E-state index in [1.54, 1.807) is 23.5 Å². The van der Waals surface area contributed by atoms with Gasteiger partial charge in [0.05, 0.1) is 66.6 Å². The molecule has 0 bridgehead atoms. The molecule has 8 heterocycles. The first kappa shape index (κ1) is 63.9. The van der Waals surface area contributed by atoms with E-state index in [0.717, 1.165) is 165 Å². The molecular weight excluding hydrogens is 1450 g/mol. The van der Waals surface area contributed by atoms with Crippen molar-refractivity contribution in [2.75, 3.05) is 0 Å². The number of para-hydroxylation sites is 1. The summed E-state index contributed by atoms with van der Waals surface area (Å²) in [5, 5.41) is 18.6. The minimum Gasteiger partial charge on any atom is -0.309 e. The average Bonchev–Trinajstić information content (AvgIpc) is 1.57. The van der Waals surface area contributed by atoms with Gasteiger partial charge in [0.25, 0.3) is 0 Å². The van der Waals surface area contributed by atoms with Crippen molar-refractivity contribution in [3.63, 3.8) is 0 Å². The Kier molecular flexibility index (Phi) is 13.5. The molecule has 116 heavy (non-hydrogen) atoms. The molecule has 0 atom stereocenters. The Hall–Kier alpha value is -14.7. The molecular formula is C106H60N8S2. The zero-order valence-corrected chi connectivity index (χ0v) is 63.7. The fraction of sp³-hybridized carbons (Fsp3) is 0. The molecule has 0 unspecified atom stereocenters. The van der Waals surface area contributed by atoms with Crippen molar-refractivity contribution >= 4 is 165 Å². The molecule has 0 radical (unpaired) electrons. The molecule has 6 aromatic heterocycles. The standard InChI is InChI=1S/C106H60N8S2/c1-2-16-61(17-3-1)63-34-44-73(45-35-63)111-90-52-42-68(56-85(90)80-50-37-64-19-6-7-21-75(64)103(80)111)72-41-49-79-78-48-40-70(59-93(78)114(94(79)60-72)106-108-88-26-15-31-98-100(88)102(110-106)83-24-10-13-29-96(83)116-98)67-33-32-65-38-51-81-86-57-69(43-53-91(86)112(104(81)84(65)55-67)74-46-36-62-18-4-5-20-66(62)54-74)71-39-47-77-76-22-8-11-27-89(76)113(92(77)58-71)105-107-87-25-14-30-97-99(87)101(109-105)82-23-9-12-28-95(82)115-97/h1-60H. The number of rotatable bonds is 8. The molecule has 2 aliphatic heterocycles. The maximum atomic E-state index is 5.74. The zero-order valence-electron chi connectivity index (χ0n) is 62.0. The molecule has 0 fully saturated rings. The van der Waals surface area contributed by atoms with Gasteiger partial charge in [0.2, 0.25) is 11.9 Å². The predicted molar refractivity (Wildman–Crippen MR) is 483 cm³/mol. The molecule has 536 valence electrons. The van der Waals surface area contributed by atoms with Gasteiger partial charge in [-0.25, -0.2) is 19.9 Å². The van der Waals surface area contributed by atoms with Crippen LogP contribution in [0.3, 0.4) is 0 Å². The van der Waals surface area contributed by atoms with E-state index in [1.165, 1.54) is 74.4 Å². The zero-order chi connectivity index (χ0) is 75.5. The molecule has 26 rings (SSSR count). The van der Waals surface area contributed by atoms with Gasteiger partial charge in [0, 0.05) is 107 Å². The van der Waals surface area contributed by atoms with Crippen molar-refractivity contribution in [3.05, 3.63) is 364 Å². The minimum atomic E-state index is 0.624. The van der Waals surface area contributed by atoms with Gasteiger partial charge >= 0.3 is 0 Å². The molecule has 18 aromatic carbocycles. The van der Waals surface area contributed by atoms with Crippen LogP contribution in [0.1, 0.15) is 0 Å². The van der Waals surface area contributed by atoms with Crippen LogP contribution in [0.15, 0.2) is 384 Å². The van der Waals surface area contributed by atoms with Crippen molar-refractivity contribution in [1.82, 2.24) is 38.2 Å². The molecule has 0 spiro atoms. The Morgan fingerprint density at radius 1 is 0.198 bits per heavy atom. The monoisotopic (exact) mass is 1510 g/mol. The third-order valence-electron chi connectivity index (χ3n) is 24.5. The highest BCUT2D eigenvalue weighted by atomic mass is 32.2. The first-order chi connectivity index (χ1) is 57.5. The largest absolute Gasteiger partial charge is 0.309 e. The van der Waals surface area contributed by atoms with Crippen molar-refractivity contribution in [2.45, 2.75) is 19.6 Å². The maximum absolute atomic E-state index is 5.74. The van der Waals surface area contributed by atoms with E-state index in [1.807, 2.05) is 0 Å². The first-order valence-electron chi connectivity index (χ1n) is 39.4. The van der Waals surface area contributed by atoms with Crippen molar-refractivity contribution in [3.8, 4) is 90.3 Å². The maximum Gasteiger partial charge on any atom is 0.235 e. The van der Waals surface area contributed by atoms with E-state index in [-0.39, 0.29) is 0 Å². The summed E-state index contributed by atoms with van der Waals surface area (Å²) < 4.78 is 9.59. The van der Waals surface area contributed by atoms with Crippen LogP contribution < -0.4 is 0 Å². The number of nitrogens with zero attached hydrogens (tertiary/aromatic N) is 8. The molecule has 0 aliphatic carbocycles. The summed E-state index contributed by atoms with van der Waals surface area (Å²) in [5.74, 6) is 1.28. The molecule has 0 saturated carbocycles. The third-order valence-corrected chi connectivity index (χ3v) is 26.8. The van der Waals surface area contributed by atoms with E-state index in [0.29, 0.717) is 11.9 Å². The van der Waals surface area contributed by atoms with Gasteiger partial charge in [0.1, 0.15) is 0 Å². The van der Waals surface area contributed by atoms with Gasteiger partial charge in [-0.3, -0.25) is 9.13 Å². The van der Waals surface area contributed by atoms with E-state index in [2.05, 4.69) is 382 Å². The Balaban J connectivity index is 0.655. The van der Waals surface area contributed by atoms with Crippen molar-refractivity contribution in [2.24, 2.45) is 0 Å². The Morgan fingerprint density at radius 2 is 0.586 bits per heavy atom. The first-order valence-corrected chi connectivity index (χ1v) is 41.0. The molecule has 10 heteroatoms. The second-order valence-electron chi connectivity index (χ2n) is 30.8. The fourth-order valence-corrected chi connectivity index (χ4v) is 21.4. The summed E-state index contributed by atoms with van der Waals surface area (Å²) in [5.41, 5.74) is 26.0. The van der Waals surface area contributed by atoms with Crippen molar-refractivity contribution < 1.29 is 0 Å². The topological polar surface area (TPSA) is 71.3 Å². The number of benzene rings is 18. The second kappa shape index (κ2) is 24.4. The van der Waals surface area contributed by atoms with Crippen LogP contribution in [0.5, 0.6) is 0 Å². The number of hydrogen-bond acceptors (Lipinski definition) is 6. The van der Waals surface area contributed by atoms with E-state index >= 15 is 0 Å². The van der Waals surface area contributed by atoms with Gasteiger partial charge in [-0.1, -0.05) is 272 Å². The predicted octanol–water partition coefficient (Wildman–Crippen LogP) is 28.4. The fourth-order valence-electron chi connectivity index (χ4n) is 19.2. The quantitative estimate of drug-likeness (QED) is 0.151. The van der Waals surface area contributed by atoms with Crippen LogP contribution in [0, 0.1) is 0 Å². The summed E-state index contributed by atoms with van der Waals surface area (Å²) in [4.78, 5) is 27.0. The van der Waals surface area contributed by atoms with Gasteiger partial charge < -0.3 is 9.13 Å². The minimum absolute atomic E-state index is 0.624. The van der Waals surface area contributed by atoms with E-state index in [4.69, 9.17) is 19.9 Å². The second-order valence-corrected chi connectivity index (χ2v) is 33.0. The van der Waals surface area contributed by atoms with Crippen LogP contribution in [0.2, 0.25) is 0 Å². The summed E-state index contributed by atoms with van der Waals surface area (Å²) >= 11 is 3.58. The van der Waals surface area contributed by atoms with Crippen molar-refractivity contribution in [1.29, 1.82) is 0 Å². The Labute approximate surface area is 672 Å². The molecule has 8 nitrogen and oxygen atoms in total. The van der Waals surface area contributed by atoms with Crippen LogP contribution in [-0.2, 0) is 0 Å². The molecule has 0 saturated heterocycles. The summed E-state index contributed by atoms with van der Waals surface area (Å²) in [6.07, 6.45) is 0. The SMILES string of the molecule is c1ccc(-c2ccc(-n3c4ccc(-c5ccc6c7ccc(-c8ccc9ccc%10c%11cc(-c%12ccc%13c%14ccccc%14n(-c%14nc%15c%16c(cccc%16n%14)Sc%14ccccc%14-%15)c%13c%12)ccc%11n(-c%11ccc%12ccccc%12c%11)c%10c9c8)cc7n(-c7nc8c9c(cccc9n7)Sc7ccccc7-8)c6c5)cc4c4ccc5ccccc5c43)cc2)cc1. The molecule has 0 N–H and O–H groups in total. The lowest BCUT2D eigenvalue weighted by atomic mass is 9.97. The van der Waals surface area contributed by atoms with E-state index in [9.17, 15) is 0 Å². The highest BCUT2D eigenvalue weighted by Gasteiger charge is 2.29. The van der Waals surface area contributed by atoms with Crippen LogP contribution in [0.25, 0.3) is 232 Å². The molecule has 2 aliphatic rings. The normalized spacial score (nSPS) is 12.6.